The quantitative estimate of drug-likeness (QED) is 0.337. The number of aromatic amines is 1. The number of fused-ring (bicyclic) bond motifs is 2. The topological polar surface area (TPSA) is 86.2 Å². The number of likely N-dealkylation sites (tertiary alicyclic amines) is 1. The minimum atomic E-state index is 0.685. The van der Waals surface area contributed by atoms with Crippen LogP contribution in [0.25, 0.3) is 33.8 Å². The van der Waals surface area contributed by atoms with Crippen molar-refractivity contribution in [3.8, 4) is 11.1 Å². The van der Waals surface area contributed by atoms with E-state index in [-0.39, 0.29) is 0 Å². The lowest BCUT2D eigenvalue weighted by Crippen LogP contribution is -2.33. The Balaban J connectivity index is 0.000000301. The Morgan fingerprint density at radius 3 is 2.68 bits per heavy atom. The largest absolute Gasteiger partial charge is 0.354 e. The number of hydrogen-bond donors (Lipinski definition) is 3. The average molecular weight is 501 g/mol. The molecule has 0 radical (unpaired) electrons. The second-order valence-electron chi connectivity index (χ2n) is 10.5. The SMILES string of the molecule is C=Cc1cnn2ccc(-c3c[nH]c4nc(NCC5CCN(C)CC5)ncc34)cc12.CNC1CCCCC1. The molecule has 1 aliphatic heterocycles. The maximum absolute atomic E-state index is 4.68. The highest BCUT2D eigenvalue weighted by Gasteiger charge is 2.17. The Hall–Kier alpha value is -3.23. The average Bonchev–Trinajstić information content (AvgIpc) is 3.57. The molecule has 37 heavy (non-hydrogen) atoms. The van der Waals surface area contributed by atoms with Crippen LogP contribution in [0.2, 0.25) is 0 Å². The van der Waals surface area contributed by atoms with Crippen molar-refractivity contribution < 1.29 is 0 Å². The number of rotatable bonds is 6. The van der Waals surface area contributed by atoms with Gasteiger partial charge in [0, 0.05) is 47.7 Å². The van der Waals surface area contributed by atoms with E-state index in [4.69, 9.17) is 0 Å². The fraction of sp³-hybridized carbons (Fsp3) is 0.483. The highest BCUT2D eigenvalue weighted by atomic mass is 15.2. The van der Waals surface area contributed by atoms with Gasteiger partial charge in [0.15, 0.2) is 0 Å². The second kappa shape index (κ2) is 11.9. The molecule has 6 rings (SSSR count). The molecule has 2 fully saturated rings. The number of pyridine rings is 1. The Labute approximate surface area is 219 Å². The van der Waals surface area contributed by atoms with E-state index in [9.17, 15) is 0 Å². The van der Waals surface area contributed by atoms with Crippen LogP contribution in [-0.2, 0) is 0 Å². The van der Waals surface area contributed by atoms with E-state index in [1.807, 2.05) is 35.4 Å². The van der Waals surface area contributed by atoms with Crippen molar-refractivity contribution in [3.05, 3.63) is 49.1 Å². The minimum Gasteiger partial charge on any atom is -0.354 e. The van der Waals surface area contributed by atoms with E-state index in [2.05, 4.69) is 68.4 Å². The summed E-state index contributed by atoms with van der Waals surface area (Å²) < 4.78 is 1.86. The van der Waals surface area contributed by atoms with Crippen molar-refractivity contribution in [2.75, 3.05) is 39.0 Å². The van der Waals surface area contributed by atoms with Gasteiger partial charge in [-0.1, -0.05) is 31.9 Å². The molecule has 0 atom stereocenters. The smallest absolute Gasteiger partial charge is 0.224 e. The Kier molecular flexibility index (Phi) is 8.16. The summed E-state index contributed by atoms with van der Waals surface area (Å²) in [7, 11) is 4.25. The van der Waals surface area contributed by atoms with Gasteiger partial charge in [0.05, 0.1) is 11.7 Å². The van der Waals surface area contributed by atoms with Gasteiger partial charge in [-0.15, -0.1) is 0 Å². The van der Waals surface area contributed by atoms with Crippen molar-refractivity contribution in [1.29, 1.82) is 0 Å². The summed E-state index contributed by atoms with van der Waals surface area (Å²) >= 11 is 0. The first-order chi connectivity index (χ1) is 18.1. The first-order valence-electron chi connectivity index (χ1n) is 13.7. The fourth-order valence-electron chi connectivity index (χ4n) is 5.45. The number of hydrogen-bond acceptors (Lipinski definition) is 6. The van der Waals surface area contributed by atoms with Crippen molar-refractivity contribution in [2.24, 2.45) is 5.92 Å². The number of H-pyrrole nitrogens is 1. The third kappa shape index (κ3) is 6.02. The molecule has 8 heteroatoms. The number of aromatic nitrogens is 5. The molecule has 0 aromatic carbocycles. The molecule has 1 saturated carbocycles. The van der Waals surface area contributed by atoms with Crippen LogP contribution in [0.4, 0.5) is 5.95 Å². The molecule has 0 unspecified atom stereocenters. The van der Waals surface area contributed by atoms with Crippen LogP contribution in [0.5, 0.6) is 0 Å². The summed E-state index contributed by atoms with van der Waals surface area (Å²) in [6, 6.07) is 5.02. The summed E-state index contributed by atoms with van der Waals surface area (Å²) in [5.41, 5.74) is 5.08. The molecular weight excluding hydrogens is 460 g/mol. The van der Waals surface area contributed by atoms with Crippen LogP contribution in [-0.4, -0.2) is 69.2 Å². The molecule has 4 aromatic rings. The van der Waals surface area contributed by atoms with Crippen molar-refractivity contribution in [2.45, 2.75) is 51.0 Å². The van der Waals surface area contributed by atoms with E-state index < -0.39 is 0 Å². The van der Waals surface area contributed by atoms with Gasteiger partial charge in [0.25, 0.3) is 0 Å². The standard InChI is InChI=1S/C22H25N7.C7H15N/c1-3-16-12-26-29-9-6-17(10-20(16)29)18-13-23-21-19(18)14-25-22(27-21)24-11-15-4-7-28(2)8-5-15;1-8-7-5-3-2-4-6-7/h3,6,9-10,12-15H,1,4-5,7-8,11H2,2H3,(H2,23,24,25,27);7-8H,2-6H2,1H3. The van der Waals surface area contributed by atoms with Gasteiger partial charge in [0.1, 0.15) is 5.65 Å². The summed E-state index contributed by atoms with van der Waals surface area (Å²) in [4.78, 5) is 14.9. The lowest BCUT2D eigenvalue weighted by atomic mass is 9.96. The molecule has 0 amide bonds. The fourth-order valence-corrected chi connectivity index (χ4v) is 5.45. The number of piperidine rings is 1. The lowest BCUT2D eigenvalue weighted by molar-refractivity contribution is 0.226. The van der Waals surface area contributed by atoms with Gasteiger partial charge < -0.3 is 20.5 Å². The zero-order valence-corrected chi connectivity index (χ0v) is 22.2. The predicted octanol–water partition coefficient (Wildman–Crippen LogP) is 5.21. The van der Waals surface area contributed by atoms with Crippen LogP contribution >= 0.6 is 0 Å². The molecular formula is C29H40N8. The van der Waals surface area contributed by atoms with Crippen molar-refractivity contribution in [1.82, 2.24) is 34.8 Å². The van der Waals surface area contributed by atoms with E-state index in [0.29, 0.717) is 11.9 Å². The summed E-state index contributed by atoms with van der Waals surface area (Å²) in [6.07, 6.45) is 19.1. The molecule has 1 aliphatic carbocycles. The molecule has 0 bridgehead atoms. The highest BCUT2D eigenvalue weighted by molar-refractivity contribution is 5.94. The van der Waals surface area contributed by atoms with Crippen LogP contribution in [0, 0.1) is 5.92 Å². The third-order valence-corrected chi connectivity index (χ3v) is 7.91. The first-order valence-corrected chi connectivity index (χ1v) is 13.7. The van der Waals surface area contributed by atoms with Gasteiger partial charge in [-0.25, -0.2) is 9.50 Å². The van der Waals surface area contributed by atoms with Crippen LogP contribution in [0.3, 0.4) is 0 Å². The van der Waals surface area contributed by atoms with E-state index in [1.165, 1.54) is 58.0 Å². The summed E-state index contributed by atoms with van der Waals surface area (Å²) in [6.45, 7) is 7.13. The Bertz CT molecular complexity index is 1310. The maximum atomic E-state index is 4.68. The molecule has 0 spiro atoms. The Morgan fingerprint density at radius 1 is 1.14 bits per heavy atom. The molecule has 8 nitrogen and oxygen atoms in total. The van der Waals surface area contributed by atoms with Crippen LogP contribution < -0.4 is 10.6 Å². The van der Waals surface area contributed by atoms with E-state index in [0.717, 1.165) is 45.8 Å². The second-order valence-corrected chi connectivity index (χ2v) is 10.5. The first kappa shape index (κ1) is 25.4. The number of anilines is 1. The zero-order valence-electron chi connectivity index (χ0n) is 22.2. The van der Waals surface area contributed by atoms with Gasteiger partial charge in [0.2, 0.25) is 5.95 Å². The molecule has 2 aliphatic rings. The minimum absolute atomic E-state index is 0.685. The van der Waals surface area contributed by atoms with E-state index in [1.54, 1.807) is 0 Å². The molecule has 3 N–H and O–H groups in total. The predicted molar refractivity (Wildman–Crippen MR) is 153 cm³/mol. The summed E-state index contributed by atoms with van der Waals surface area (Å²) in [5, 5.41) is 12.1. The molecule has 4 aromatic heterocycles. The zero-order chi connectivity index (χ0) is 25.6. The highest BCUT2D eigenvalue weighted by Crippen LogP contribution is 2.29. The van der Waals surface area contributed by atoms with Crippen molar-refractivity contribution >= 4 is 28.6 Å². The van der Waals surface area contributed by atoms with Crippen molar-refractivity contribution in [3.63, 3.8) is 0 Å². The molecule has 196 valence electrons. The van der Waals surface area contributed by atoms with E-state index >= 15 is 0 Å². The number of nitrogens with one attached hydrogen (secondary N) is 3. The monoisotopic (exact) mass is 500 g/mol. The van der Waals surface area contributed by atoms with Gasteiger partial charge in [-0.2, -0.15) is 10.1 Å². The van der Waals surface area contributed by atoms with Crippen LogP contribution in [0.1, 0.15) is 50.5 Å². The molecule has 5 heterocycles. The van der Waals surface area contributed by atoms with Gasteiger partial charge in [-0.05, 0) is 76.5 Å². The number of nitrogens with zero attached hydrogens (tertiary/aromatic N) is 5. The maximum Gasteiger partial charge on any atom is 0.224 e. The molecule has 1 saturated heterocycles. The van der Waals surface area contributed by atoms with Gasteiger partial charge in [-0.3, -0.25) is 0 Å². The van der Waals surface area contributed by atoms with Crippen LogP contribution in [0.15, 0.2) is 43.5 Å². The Morgan fingerprint density at radius 2 is 1.95 bits per heavy atom. The normalized spacial score (nSPS) is 17.6. The summed E-state index contributed by atoms with van der Waals surface area (Å²) in [5.74, 6) is 1.37. The van der Waals surface area contributed by atoms with Gasteiger partial charge >= 0.3 is 0 Å². The lowest BCUT2D eigenvalue weighted by Gasteiger charge is -2.28. The third-order valence-electron chi connectivity index (χ3n) is 7.91.